The van der Waals surface area contributed by atoms with E-state index < -0.39 is 0 Å². The molecule has 0 bridgehead atoms. The van der Waals surface area contributed by atoms with Crippen LogP contribution in [-0.2, 0) is 4.84 Å². The van der Waals surface area contributed by atoms with Crippen molar-refractivity contribution < 1.29 is 9.63 Å². The molecule has 4 nitrogen and oxygen atoms in total. The molecule has 88 valence electrons. The van der Waals surface area contributed by atoms with Gasteiger partial charge in [0.25, 0.3) is 0 Å². The number of rotatable bonds is 4. The average molecular weight is 222 g/mol. The van der Waals surface area contributed by atoms with Crippen molar-refractivity contribution in [2.75, 3.05) is 13.7 Å². The van der Waals surface area contributed by atoms with Gasteiger partial charge < -0.3 is 5.32 Å². The SMILES string of the molecule is CONC(=O)NCC(C)c1cccc(C)c1. The smallest absolute Gasteiger partial charge is 0.336 e. The van der Waals surface area contributed by atoms with Crippen molar-refractivity contribution in [2.24, 2.45) is 0 Å². The molecule has 1 aromatic rings. The fraction of sp³-hybridized carbons (Fsp3) is 0.417. The van der Waals surface area contributed by atoms with Crippen molar-refractivity contribution >= 4 is 6.03 Å². The Bertz CT molecular complexity index is 353. The largest absolute Gasteiger partial charge is 0.338 e. The molecule has 0 spiro atoms. The molecule has 1 aromatic carbocycles. The molecule has 0 saturated heterocycles. The van der Waals surface area contributed by atoms with E-state index in [-0.39, 0.29) is 11.9 Å². The van der Waals surface area contributed by atoms with E-state index in [0.717, 1.165) is 0 Å². The lowest BCUT2D eigenvalue weighted by atomic mass is 9.99. The van der Waals surface area contributed by atoms with Gasteiger partial charge in [0.05, 0.1) is 7.11 Å². The molecule has 0 fully saturated rings. The van der Waals surface area contributed by atoms with Crippen LogP contribution in [0.4, 0.5) is 4.79 Å². The zero-order chi connectivity index (χ0) is 12.0. The number of hydrogen-bond acceptors (Lipinski definition) is 2. The van der Waals surface area contributed by atoms with Crippen LogP contribution in [0, 0.1) is 6.92 Å². The maximum atomic E-state index is 11.1. The normalized spacial score (nSPS) is 11.9. The molecule has 16 heavy (non-hydrogen) atoms. The third-order valence-electron chi connectivity index (χ3n) is 2.37. The molecule has 2 amide bonds. The van der Waals surface area contributed by atoms with Crippen LogP contribution < -0.4 is 10.8 Å². The molecule has 2 N–H and O–H groups in total. The second-order valence-electron chi connectivity index (χ2n) is 3.83. The maximum Gasteiger partial charge on any atom is 0.338 e. The molecule has 0 aromatic heterocycles. The van der Waals surface area contributed by atoms with Gasteiger partial charge in [0.1, 0.15) is 0 Å². The summed E-state index contributed by atoms with van der Waals surface area (Å²) < 4.78 is 0. The lowest BCUT2D eigenvalue weighted by molar-refractivity contribution is 0.107. The summed E-state index contributed by atoms with van der Waals surface area (Å²) >= 11 is 0. The number of amides is 2. The minimum absolute atomic E-state index is 0.280. The summed E-state index contributed by atoms with van der Waals surface area (Å²) in [5, 5.41) is 2.73. The molecule has 0 saturated carbocycles. The Morgan fingerprint density at radius 2 is 2.25 bits per heavy atom. The fourth-order valence-electron chi connectivity index (χ4n) is 1.47. The maximum absolute atomic E-state index is 11.1. The highest BCUT2D eigenvalue weighted by Crippen LogP contribution is 2.15. The highest BCUT2D eigenvalue weighted by molar-refractivity contribution is 5.72. The van der Waals surface area contributed by atoms with Crippen LogP contribution in [-0.4, -0.2) is 19.7 Å². The zero-order valence-corrected chi connectivity index (χ0v) is 9.91. The molecule has 0 aliphatic carbocycles. The first-order valence-electron chi connectivity index (χ1n) is 5.27. The minimum atomic E-state index is -0.318. The van der Waals surface area contributed by atoms with E-state index in [1.807, 2.05) is 6.07 Å². The number of hydrogen-bond donors (Lipinski definition) is 2. The number of carbonyl (C=O) groups excluding carboxylic acids is 1. The van der Waals surface area contributed by atoms with E-state index in [9.17, 15) is 4.79 Å². The van der Waals surface area contributed by atoms with Gasteiger partial charge in [0, 0.05) is 6.54 Å². The van der Waals surface area contributed by atoms with Crippen LogP contribution in [0.1, 0.15) is 24.0 Å². The first kappa shape index (κ1) is 12.5. The Morgan fingerprint density at radius 3 is 2.88 bits per heavy atom. The standard InChI is InChI=1S/C12H18N2O2/c1-9-5-4-6-11(7-9)10(2)8-13-12(15)14-16-3/h4-7,10H,8H2,1-3H3,(H2,13,14,15). The number of aryl methyl sites for hydroxylation is 1. The average Bonchev–Trinajstić information content (AvgIpc) is 2.26. The number of carbonyl (C=O) groups is 1. The van der Waals surface area contributed by atoms with E-state index in [1.165, 1.54) is 18.2 Å². The van der Waals surface area contributed by atoms with Crippen molar-refractivity contribution in [3.05, 3.63) is 35.4 Å². The van der Waals surface area contributed by atoms with Crippen LogP contribution in [0.2, 0.25) is 0 Å². The quantitative estimate of drug-likeness (QED) is 0.765. The predicted octanol–water partition coefficient (Wildman–Crippen LogP) is 1.96. The second kappa shape index (κ2) is 6.12. The predicted molar refractivity (Wildman–Crippen MR) is 63.1 cm³/mol. The van der Waals surface area contributed by atoms with Crippen LogP contribution in [0.3, 0.4) is 0 Å². The summed E-state index contributed by atoms with van der Waals surface area (Å²) in [6, 6.07) is 7.95. The monoisotopic (exact) mass is 222 g/mol. The van der Waals surface area contributed by atoms with Crippen molar-refractivity contribution in [3.8, 4) is 0 Å². The Balaban J connectivity index is 2.46. The fourth-order valence-corrected chi connectivity index (χ4v) is 1.47. The molecule has 4 heteroatoms. The second-order valence-corrected chi connectivity index (χ2v) is 3.83. The lowest BCUT2D eigenvalue weighted by Gasteiger charge is -2.13. The van der Waals surface area contributed by atoms with Crippen molar-refractivity contribution in [2.45, 2.75) is 19.8 Å². The van der Waals surface area contributed by atoms with Crippen molar-refractivity contribution in [1.29, 1.82) is 0 Å². The summed E-state index contributed by atoms with van der Waals surface area (Å²) in [6.45, 7) is 4.71. The third-order valence-corrected chi connectivity index (χ3v) is 2.37. The number of nitrogens with one attached hydrogen (secondary N) is 2. The Labute approximate surface area is 95.9 Å². The van der Waals surface area contributed by atoms with Gasteiger partial charge in [0.2, 0.25) is 0 Å². The van der Waals surface area contributed by atoms with E-state index in [4.69, 9.17) is 0 Å². The summed E-state index contributed by atoms with van der Waals surface area (Å²) in [6.07, 6.45) is 0. The molecule has 1 unspecified atom stereocenters. The van der Waals surface area contributed by atoms with Gasteiger partial charge in [-0.15, -0.1) is 0 Å². The Hall–Kier alpha value is -1.55. The van der Waals surface area contributed by atoms with Crippen LogP contribution in [0.15, 0.2) is 24.3 Å². The number of urea groups is 1. The minimum Gasteiger partial charge on any atom is -0.336 e. The van der Waals surface area contributed by atoms with Gasteiger partial charge in [-0.2, -0.15) is 0 Å². The molecule has 1 atom stereocenters. The van der Waals surface area contributed by atoms with Gasteiger partial charge in [-0.3, -0.25) is 4.84 Å². The summed E-state index contributed by atoms with van der Waals surface area (Å²) in [5.41, 5.74) is 4.66. The lowest BCUT2D eigenvalue weighted by Crippen LogP contribution is -2.36. The topological polar surface area (TPSA) is 50.4 Å². The van der Waals surface area contributed by atoms with E-state index in [1.54, 1.807) is 0 Å². The molecule has 1 rings (SSSR count). The molecule has 0 radical (unpaired) electrons. The Kier molecular flexibility index (Phi) is 4.79. The summed E-state index contributed by atoms with van der Waals surface area (Å²) in [7, 11) is 1.41. The van der Waals surface area contributed by atoms with Crippen LogP contribution in [0.5, 0.6) is 0 Å². The van der Waals surface area contributed by atoms with Gasteiger partial charge in [-0.25, -0.2) is 10.3 Å². The zero-order valence-electron chi connectivity index (χ0n) is 9.91. The molecule has 0 heterocycles. The van der Waals surface area contributed by atoms with E-state index >= 15 is 0 Å². The van der Waals surface area contributed by atoms with Crippen molar-refractivity contribution in [3.63, 3.8) is 0 Å². The first-order valence-corrected chi connectivity index (χ1v) is 5.27. The van der Waals surface area contributed by atoms with Crippen molar-refractivity contribution in [1.82, 2.24) is 10.8 Å². The highest BCUT2D eigenvalue weighted by atomic mass is 16.6. The third kappa shape index (κ3) is 3.90. The van der Waals surface area contributed by atoms with Gasteiger partial charge in [-0.05, 0) is 18.4 Å². The van der Waals surface area contributed by atoms with Crippen LogP contribution in [0.25, 0.3) is 0 Å². The van der Waals surface area contributed by atoms with E-state index in [0.29, 0.717) is 6.54 Å². The Morgan fingerprint density at radius 1 is 1.50 bits per heavy atom. The number of hydroxylamine groups is 1. The van der Waals surface area contributed by atoms with Gasteiger partial charge in [0.15, 0.2) is 0 Å². The molecule has 0 aliphatic rings. The number of benzene rings is 1. The van der Waals surface area contributed by atoms with Gasteiger partial charge >= 0.3 is 6.03 Å². The highest BCUT2D eigenvalue weighted by Gasteiger charge is 2.07. The molecule has 0 aliphatic heterocycles. The summed E-state index contributed by atoms with van der Waals surface area (Å²) in [4.78, 5) is 15.6. The summed E-state index contributed by atoms with van der Waals surface area (Å²) in [5.74, 6) is 0.280. The van der Waals surface area contributed by atoms with E-state index in [2.05, 4.69) is 47.7 Å². The van der Waals surface area contributed by atoms with Crippen LogP contribution >= 0.6 is 0 Å². The molecular formula is C12H18N2O2. The first-order chi connectivity index (χ1) is 7.63. The van der Waals surface area contributed by atoms with Gasteiger partial charge in [-0.1, -0.05) is 36.8 Å². The molecular weight excluding hydrogens is 204 g/mol.